The molecule has 0 saturated heterocycles. The fraction of sp³-hybridized carbons (Fsp3) is 0.619. The van der Waals surface area contributed by atoms with Gasteiger partial charge in [-0.3, -0.25) is 4.79 Å². The maximum atomic E-state index is 13.1. The van der Waals surface area contributed by atoms with Gasteiger partial charge in [0.2, 0.25) is 0 Å². The number of aromatic nitrogens is 3. The monoisotopic (exact) mass is 386 g/mol. The van der Waals surface area contributed by atoms with Crippen molar-refractivity contribution in [1.29, 1.82) is 0 Å². The molecule has 152 valence electrons. The van der Waals surface area contributed by atoms with Crippen molar-refractivity contribution in [2.75, 3.05) is 0 Å². The summed E-state index contributed by atoms with van der Waals surface area (Å²) < 4.78 is 1.86. The topological polar surface area (TPSA) is 97.1 Å². The van der Waals surface area contributed by atoms with Crippen LogP contribution in [0.15, 0.2) is 6.07 Å². The van der Waals surface area contributed by atoms with E-state index in [4.69, 9.17) is 4.98 Å². The third-order valence-corrected chi connectivity index (χ3v) is 5.02. The third-order valence-electron chi connectivity index (χ3n) is 5.02. The van der Waals surface area contributed by atoms with E-state index < -0.39 is 12.0 Å². The highest BCUT2D eigenvalue weighted by molar-refractivity contribution is 6.07. The van der Waals surface area contributed by atoms with Gasteiger partial charge in [-0.25, -0.2) is 14.5 Å². The molecule has 7 heteroatoms. The SMILES string of the molecule is Cc1nn(C(C)(C)C)c2nc(C3CC3)cc(C(=O)N[C@H](CC(C)C)C(=O)O)c12. The van der Waals surface area contributed by atoms with Crippen molar-refractivity contribution in [1.82, 2.24) is 20.1 Å². The molecule has 1 saturated carbocycles. The predicted molar refractivity (Wildman–Crippen MR) is 108 cm³/mol. The Labute approximate surface area is 165 Å². The summed E-state index contributed by atoms with van der Waals surface area (Å²) in [6, 6.07) is 0.906. The van der Waals surface area contributed by atoms with Crippen molar-refractivity contribution in [3.05, 3.63) is 23.0 Å². The Kier molecular flexibility index (Phi) is 5.21. The van der Waals surface area contributed by atoms with Crippen LogP contribution in [0, 0.1) is 12.8 Å². The number of fused-ring (bicyclic) bond motifs is 1. The van der Waals surface area contributed by atoms with Crippen LogP contribution < -0.4 is 5.32 Å². The first kappa shape index (κ1) is 20.3. The van der Waals surface area contributed by atoms with Crippen LogP contribution in [0.2, 0.25) is 0 Å². The standard InChI is InChI=1S/C21H30N4O3/c1-11(2)9-16(20(27)28)23-19(26)14-10-15(13-7-8-13)22-18-17(14)12(3)24-25(18)21(4,5)6/h10-11,13,16H,7-9H2,1-6H3,(H,23,26)(H,27,28)/t16-/m1/s1. The van der Waals surface area contributed by atoms with Crippen molar-refractivity contribution in [3.8, 4) is 0 Å². The van der Waals surface area contributed by atoms with Crippen LogP contribution in [0.5, 0.6) is 0 Å². The highest BCUT2D eigenvalue weighted by Gasteiger charge is 2.31. The van der Waals surface area contributed by atoms with E-state index in [-0.39, 0.29) is 17.4 Å². The minimum Gasteiger partial charge on any atom is -0.480 e. The summed E-state index contributed by atoms with van der Waals surface area (Å²) in [5, 5.41) is 17.6. The lowest BCUT2D eigenvalue weighted by molar-refractivity contribution is -0.139. The molecule has 0 spiro atoms. The Balaban J connectivity index is 2.10. The lowest BCUT2D eigenvalue weighted by Gasteiger charge is -2.20. The number of carbonyl (C=O) groups excluding carboxylic acids is 1. The molecular formula is C21H30N4O3. The fourth-order valence-corrected chi connectivity index (χ4v) is 3.47. The van der Waals surface area contributed by atoms with Crippen LogP contribution in [-0.4, -0.2) is 37.8 Å². The van der Waals surface area contributed by atoms with E-state index in [1.807, 2.05) is 52.3 Å². The lowest BCUT2D eigenvalue weighted by atomic mass is 10.0. The summed E-state index contributed by atoms with van der Waals surface area (Å²) >= 11 is 0. The van der Waals surface area contributed by atoms with Crippen LogP contribution in [0.1, 0.15) is 81.5 Å². The third kappa shape index (κ3) is 4.03. The van der Waals surface area contributed by atoms with E-state index in [1.54, 1.807) is 0 Å². The van der Waals surface area contributed by atoms with E-state index in [9.17, 15) is 14.7 Å². The first-order valence-electron chi connectivity index (χ1n) is 9.93. The van der Waals surface area contributed by atoms with Gasteiger partial charge in [0.15, 0.2) is 5.65 Å². The molecule has 28 heavy (non-hydrogen) atoms. The van der Waals surface area contributed by atoms with Crippen LogP contribution >= 0.6 is 0 Å². The van der Waals surface area contributed by atoms with E-state index in [2.05, 4.69) is 10.4 Å². The molecule has 0 bridgehead atoms. The van der Waals surface area contributed by atoms with E-state index in [1.165, 1.54) is 0 Å². The van der Waals surface area contributed by atoms with Crippen molar-refractivity contribution in [2.45, 2.75) is 78.3 Å². The Bertz CT molecular complexity index is 920. The zero-order valence-electron chi connectivity index (χ0n) is 17.5. The van der Waals surface area contributed by atoms with Crippen molar-refractivity contribution < 1.29 is 14.7 Å². The molecule has 2 aromatic heterocycles. The number of carboxylic acid groups (broad SMARTS) is 1. The zero-order valence-corrected chi connectivity index (χ0v) is 17.5. The van der Waals surface area contributed by atoms with Gasteiger partial charge < -0.3 is 10.4 Å². The van der Waals surface area contributed by atoms with Gasteiger partial charge >= 0.3 is 5.97 Å². The summed E-state index contributed by atoms with van der Waals surface area (Å²) in [6.07, 6.45) is 2.51. The number of carbonyl (C=O) groups is 2. The molecule has 0 aliphatic heterocycles. The molecule has 1 aliphatic rings. The molecule has 2 N–H and O–H groups in total. The molecule has 2 aromatic rings. The number of aryl methyl sites for hydroxylation is 1. The van der Waals surface area contributed by atoms with E-state index >= 15 is 0 Å². The summed E-state index contributed by atoms with van der Waals surface area (Å²) in [6.45, 7) is 11.9. The summed E-state index contributed by atoms with van der Waals surface area (Å²) in [4.78, 5) is 29.6. The largest absolute Gasteiger partial charge is 0.480 e. The number of nitrogens with zero attached hydrogens (tertiary/aromatic N) is 3. The van der Waals surface area contributed by atoms with Gasteiger partial charge in [-0.05, 0) is 58.9 Å². The van der Waals surface area contributed by atoms with Gasteiger partial charge in [-0.1, -0.05) is 13.8 Å². The Morgan fingerprint density at radius 2 is 1.96 bits per heavy atom. The quantitative estimate of drug-likeness (QED) is 0.790. The second-order valence-corrected chi connectivity index (χ2v) is 9.23. The van der Waals surface area contributed by atoms with Gasteiger partial charge in [0.1, 0.15) is 6.04 Å². The number of carboxylic acids is 1. The van der Waals surface area contributed by atoms with Gasteiger partial charge in [0.25, 0.3) is 5.91 Å². The van der Waals surface area contributed by atoms with Gasteiger partial charge in [-0.2, -0.15) is 5.10 Å². The minimum atomic E-state index is -1.02. The number of hydrogen-bond acceptors (Lipinski definition) is 4. The van der Waals surface area contributed by atoms with Crippen molar-refractivity contribution in [2.24, 2.45) is 5.92 Å². The Morgan fingerprint density at radius 1 is 1.32 bits per heavy atom. The number of hydrogen-bond donors (Lipinski definition) is 2. The molecular weight excluding hydrogens is 356 g/mol. The minimum absolute atomic E-state index is 0.159. The molecule has 0 unspecified atom stereocenters. The van der Waals surface area contributed by atoms with Crippen molar-refractivity contribution >= 4 is 22.9 Å². The smallest absolute Gasteiger partial charge is 0.326 e. The molecule has 3 rings (SSSR count). The summed E-state index contributed by atoms with van der Waals surface area (Å²) in [5.74, 6) is -0.868. The average Bonchev–Trinajstić information content (AvgIpc) is 3.36. The molecule has 7 nitrogen and oxygen atoms in total. The molecule has 1 atom stereocenters. The van der Waals surface area contributed by atoms with Gasteiger partial charge in [0.05, 0.1) is 22.2 Å². The maximum Gasteiger partial charge on any atom is 0.326 e. The predicted octanol–water partition coefficient (Wildman–Crippen LogP) is 3.60. The van der Waals surface area contributed by atoms with Crippen LogP contribution in [0.25, 0.3) is 11.0 Å². The van der Waals surface area contributed by atoms with Crippen LogP contribution in [-0.2, 0) is 10.3 Å². The number of pyridine rings is 1. The second-order valence-electron chi connectivity index (χ2n) is 9.23. The van der Waals surface area contributed by atoms with E-state index in [0.717, 1.165) is 24.2 Å². The van der Waals surface area contributed by atoms with Gasteiger partial charge in [-0.15, -0.1) is 0 Å². The van der Waals surface area contributed by atoms with Crippen molar-refractivity contribution in [3.63, 3.8) is 0 Å². The first-order valence-corrected chi connectivity index (χ1v) is 9.93. The second kappa shape index (κ2) is 7.18. The van der Waals surface area contributed by atoms with Gasteiger partial charge in [0, 0.05) is 11.6 Å². The molecule has 2 heterocycles. The summed E-state index contributed by atoms with van der Waals surface area (Å²) in [5.41, 5.74) is 2.49. The maximum absolute atomic E-state index is 13.1. The molecule has 1 amide bonds. The highest BCUT2D eigenvalue weighted by Crippen LogP contribution is 2.41. The Hall–Kier alpha value is -2.44. The highest BCUT2D eigenvalue weighted by atomic mass is 16.4. The normalized spacial score (nSPS) is 15.8. The number of amides is 1. The number of aliphatic carboxylic acids is 1. The lowest BCUT2D eigenvalue weighted by Crippen LogP contribution is -2.41. The number of rotatable bonds is 6. The number of nitrogens with one attached hydrogen (secondary N) is 1. The fourth-order valence-electron chi connectivity index (χ4n) is 3.47. The molecule has 0 aromatic carbocycles. The molecule has 1 fully saturated rings. The molecule has 0 radical (unpaired) electrons. The average molecular weight is 386 g/mol. The molecule has 1 aliphatic carbocycles. The first-order chi connectivity index (χ1) is 13.0. The van der Waals surface area contributed by atoms with Crippen LogP contribution in [0.3, 0.4) is 0 Å². The zero-order chi connectivity index (χ0) is 20.8. The van der Waals surface area contributed by atoms with Crippen LogP contribution in [0.4, 0.5) is 0 Å². The van der Waals surface area contributed by atoms with E-state index in [0.29, 0.717) is 28.9 Å². The Morgan fingerprint density at radius 3 is 2.46 bits per heavy atom. The summed E-state index contributed by atoms with van der Waals surface area (Å²) in [7, 11) is 0.